The Bertz CT molecular complexity index is 997. The number of carbonyl (C=O) groups excluding carboxylic acids is 1. The fourth-order valence-corrected chi connectivity index (χ4v) is 3.55. The second-order valence-corrected chi connectivity index (χ2v) is 7.07. The van der Waals surface area contributed by atoms with Gasteiger partial charge in [0.15, 0.2) is 11.5 Å². The van der Waals surface area contributed by atoms with E-state index in [1.165, 1.54) is 16.5 Å². The Labute approximate surface area is 171 Å². The number of aryl methyl sites for hydroxylation is 1. The SMILES string of the molecule is COc1cccc(NC(=O)NC[C@@H](c2cn(C)c3ccccc23)N(C)C)c1OC. The number of fused-ring (bicyclic) bond motifs is 1. The van der Waals surface area contributed by atoms with E-state index in [-0.39, 0.29) is 12.1 Å². The van der Waals surface area contributed by atoms with Crippen molar-refractivity contribution < 1.29 is 14.3 Å². The number of benzene rings is 2. The maximum atomic E-state index is 12.6. The van der Waals surface area contributed by atoms with E-state index in [0.717, 1.165) is 0 Å². The van der Waals surface area contributed by atoms with E-state index in [4.69, 9.17) is 9.47 Å². The van der Waals surface area contributed by atoms with Gasteiger partial charge < -0.3 is 29.6 Å². The number of aromatic nitrogens is 1. The maximum absolute atomic E-state index is 12.6. The van der Waals surface area contributed by atoms with Crippen LogP contribution in [-0.2, 0) is 7.05 Å². The Hall–Kier alpha value is -3.19. The van der Waals surface area contributed by atoms with Gasteiger partial charge in [0.05, 0.1) is 25.9 Å². The van der Waals surface area contributed by atoms with Crippen LogP contribution in [-0.4, -0.2) is 50.4 Å². The number of anilines is 1. The Balaban J connectivity index is 1.75. The summed E-state index contributed by atoms with van der Waals surface area (Å²) in [7, 11) is 9.17. The molecule has 0 spiro atoms. The molecule has 0 fully saturated rings. The number of amides is 2. The van der Waals surface area contributed by atoms with Crippen molar-refractivity contribution in [1.29, 1.82) is 0 Å². The molecule has 154 valence electrons. The standard InChI is InChI=1S/C22H28N4O3/c1-25(2)19(16-14-26(3)18-11-7-6-9-15(16)18)13-23-22(27)24-17-10-8-12-20(28-4)21(17)29-5/h6-12,14,19H,13H2,1-5H3,(H2,23,24,27)/t19-/m0/s1. The third-order valence-corrected chi connectivity index (χ3v) is 5.02. The van der Waals surface area contributed by atoms with Crippen LogP contribution in [0.4, 0.5) is 10.5 Å². The van der Waals surface area contributed by atoms with Crippen LogP contribution in [0.2, 0.25) is 0 Å². The Kier molecular flexibility index (Phi) is 6.29. The average Bonchev–Trinajstić information content (AvgIpc) is 3.04. The van der Waals surface area contributed by atoms with Gasteiger partial charge in [-0.2, -0.15) is 0 Å². The van der Waals surface area contributed by atoms with Crippen LogP contribution in [0.1, 0.15) is 11.6 Å². The average molecular weight is 396 g/mol. The van der Waals surface area contributed by atoms with Crippen molar-refractivity contribution in [1.82, 2.24) is 14.8 Å². The van der Waals surface area contributed by atoms with Crippen molar-refractivity contribution in [2.45, 2.75) is 6.04 Å². The molecular formula is C22H28N4O3. The van der Waals surface area contributed by atoms with E-state index in [9.17, 15) is 4.79 Å². The van der Waals surface area contributed by atoms with Crippen LogP contribution in [0.5, 0.6) is 11.5 Å². The molecule has 2 N–H and O–H groups in total. The lowest BCUT2D eigenvalue weighted by molar-refractivity contribution is 0.243. The number of hydrogen-bond donors (Lipinski definition) is 2. The Morgan fingerprint density at radius 2 is 1.86 bits per heavy atom. The van der Waals surface area contributed by atoms with Gasteiger partial charge in [-0.15, -0.1) is 0 Å². The highest BCUT2D eigenvalue weighted by Gasteiger charge is 2.20. The zero-order valence-corrected chi connectivity index (χ0v) is 17.5. The predicted octanol–water partition coefficient (Wildman–Crippen LogP) is 3.62. The molecule has 0 saturated carbocycles. The lowest BCUT2D eigenvalue weighted by atomic mass is 10.0. The fraction of sp³-hybridized carbons (Fsp3) is 0.318. The van der Waals surface area contributed by atoms with E-state index in [2.05, 4.69) is 38.4 Å². The largest absolute Gasteiger partial charge is 0.493 e. The van der Waals surface area contributed by atoms with E-state index < -0.39 is 0 Å². The van der Waals surface area contributed by atoms with Crippen molar-refractivity contribution in [3.8, 4) is 11.5 Å². The van der Waals surface area contributed by atoms with Gasteiger partial charge >= 0.3 is 6.03 Å². The summed E-state index contributed by atoms with van der Waals surface area (Å²) in [5.41, 5.74) is 2.89. The van der Waals surface area contributed by atoms with Crippen molar-refractivity contribution in [2.75, 3.05) is 40.2 Å². The normalized spacial score (nSPS) is 12.1. The second kappa shape index (κ2) is 8.87. The summed E-state index contributed by atoms with van der Waals surface area (Å²) in [6.07, 6.45) is 2.13. The van der Waals surface area contributed by atoms with E-state index in [1.54, 1.807) is 32.4 Å². The topological polar surface area (TPSA) is 67.8 Å². The number of hydrogen-bond acceptors (Lipinski definition) is 4. The van der Waals surface area contributed by atoms with Crippen LogP contribution in [0.15, 0.2) is 48.7 Å². The number of para-hydroxylation sites is 2. The van der Waals surface area contributed by atoms with Gasteiger partial charge in [-0.25, -0.2) is 4.79 Å². The molecule has 1 aromatic heterocycles. The number of nitrogens with zero attached hydrogens (tertiary/aromatic N) is 2. The van der Waals surface area contributed by atoms with Gasteiger partial charge in [-0.05, 0) is 37.9 Å². The van der Waals surface area contributed by atoms with Gasteiger partial charge in [-0.1, -0.05) is 24.3 Å². The zero-order chi connectivity index (χ0) is 21.0. The van der Waals surface area contributed by atoms with Gasteiger partial charge in [0, 0.05) is 30.7 Å². The van der Waals surface area contributed by atoms with Gasteiger partial charge in [0.25, 0.3) is 0 Å². The van der Waals surface area contributed by atoms with E-state index >= 15 is 0 Å². The molecule has 0 radical (unpaired) electrons. The Morgan fingerprint density at radius 1 is 1.10 bits per heavy atom. The van der Waals surface area contributed by atoms with Crippen LogP contribution in [0, 0.1) is 0 Å². The third kappa shape index (κ3) is 4.30. The molecule has 0 aliphatic rings. The summed E-state index contributed by atoms with van der Waals surface area (Å²) in [6, 6.07) is 13.4. The molecule has 1 heterocycles. The molecule has 0 saturated heterocycles. The maximum Gasteiger partial charge on any atom is 0.319 e. The predicted molar refractivity (Wildman–Crippen MR) is 116 cm³/mol. The molecule has 0 aliphatic carbocycles. The van der Waals surface area contributed by atoms with Gasteiger partial charge in [0.2, 0.25) is 0 Å². The van der Waals surface area contributed by atoms with Crippen LogP contribution in [0.25, 0.3) is 10.9 Å². The first kappa shape index (κ1) is 20.5. The molecule has 3 aromatic rings. The minimum Gasteiger partial charge on any atom is -0.493 e. The number of likely N-dealkylation sites (N-methyl/N-ethyl adjacent to an activating group) is 1. The molecule has 0 aliphatic heterocycles. The minimum atomic E-state index is -0.302. The van der Waals surface area contributed by atoms with Crippen LogP contribution < -0.4 is 20.1 Å². The van der Waals surface area contributed by atoms with Crippen molar-refractivity contribution in [3.05, 3.63) is 54.2 Å². The number of methoxy groups -OCH3 is 2. The highest BCUT2D eigenvalue weighted by molar-refractivity contribution is 5.91. The summed E-state index contributed by atoms with van der Waals surface area (Å²) >= 11 is 0. The highest BCUT2D eigenvalue weighted by Crippen LogP contribution is 2.34. The molecular weight excluding hydrogens is 368 g/mol. The smallest absolute Gasteiger partial charge is 0.319 e. The number of rotatable bonds is 7. The number of ether oxygens (including phenoxy) is 2. The fourth-order valence-electron chi connectivity index (χ4n) is 3.55. The number of urea groups is 1. The number of nitrogens with one attached hydrogen (secondary N) is 2. The van der Waals surface area contributed by atoms with E-state index in [1.807, 2.05) is 33.3 Å². The first-order valence-corrected chi connectivity index (χ1v) is 9.42. The third-order valence-electron chi connectivity index (χ3n) is 5.02. The molecule has 7 nitrogen and oxygen atoms in total. The highest BCUT2D eigenvalue weighted by atomic mass is 16.5. The number of carbonyl (C=O) groups is 1. The van der Waals surface area contributed by atoms with Gasteiger partial charge in [-0.3, -0.25) is 0 Å². The summed E-state index contributed by atoms with van der Waals surface area (Å²) in [4.78, 5) is 14.7. The van der Waals surface area contributed by atoms with Gasteiger partial charge in [0.1, 0.15) is 0 Å². The first-order valence-electron chi connectivity index (χ1n) is 9.42. The van der Waals surface area contributed by atoms with Crippen LogP contribution in [0.3, 0.4) is 0 Å². The van der Waals surface area contributed by atoms with Crippen molar-refractivity contribution >= 4 is 22.6 Å². The summed E-state index contributed by atoms with van der Waals surface area (Å²) in [5, 5.41) is 7.01. The molecule has 29 heavy (non-hydrogen) atoms. The first-order chi connectivity index (χ1) is 14.0. The molecule has 0 bridgehead atoms. The molecule has 2 aromatic carbocycles. The molecule has 7 heteroatoms. The Morgan fingerprint density at radius 3 is 2.55 bits per heavy atom. The zero-order valence-electron chi connectivity index (χ0n) is 17.5. The van der Waals surface area contributed by atoms with E-state index in [0.29, 0.717) is 23.7 Å². The molecule has 0 unspecified atom stereocenters. The lowest BCUT2D eigenvalue weighted by Crippen LogP contribution is -2.36. The quantitative estimate of drug-likeness (QED) is 0.640. The second-order valence-electron chi connectivity index (χ2n) is 7.07. The van der Waals surface area contributed by atoms with Crippen LogP contribution >= 0.6 is 0 Å². The molecule has 3 rings (SSSR count). The summed E-state index contributed by atoms with van der Waals surface area (Å²) < 4.78 is 12.8. The summed E-state index contributed by atoms with van der Waals surface area (Å²) in [6.45, 7) is 0.457. The molecule has 1 atom stereocenters. The van der Waals surface area contributed by atoms with Crippen molar-refractivity contribution in [3.63, 3.8) is 0 Å². The molecule has 2 amide bonds. The minimum absolute atomic E-state index is 0.0269. The summed E-state index contributed by atoms with van der Waals surface area (Å²) in [5.74, 6) is 1.05. The lowest BCUT2D eigenvalue weighted by Gasteiger charge is -2.24. The monoisotopic (exact) mass is 396 g/mol. The van der Waals surface area contributed by atoms with Crippen molar-refractivity contribution in [2.24, 2.45) is 7.05 Å².